The molecule has 0 bridgehead atoms. The van der Waals surface area contributed by atoms with Crippen molar-refractivity contribution in [3.05, 3.63) is 59.9 Å². The third-order valence-corrected chi connectivity index (χ3v) is 5.80. The molecular formula is C20H23N5O2S2. The molecule has 0 aliphatic heterocycles. The predicted molar refractivity (Wildman–Crippen MR) is 117 cm³/mol. The van der Waals surface area contributed by atoms with Crippen LogP contribution in [0, 0.1) is 0 Å². The van der Waals surface area contributed by atoms with Gasteiger partial charge < -0.3 is 14.6 Å². The summed E-state index contributed by atoms with van der Waals surface area (Å²) in [6.45, 7) is 4.44. The lowest BCUT2D eigenvalue weighted by atomic mass is 10.1. The van der Waals surface area contributed by atoms with E-state index < -0.39 is 0 Å². The van der Waals surface area contributed by atoms with Crippen LogP contribution in [0.4, 0.5) is 5.13 Å². The van der Waals surface area contributed by atoms with Crippen LogP contribution in [0.2, 0.25) is 0 Å². The number of methoxy groups -OCH3 is 1. The lowest BCUT2D eigenvalue weighted by Gasteiger charge is -2.08. The van der Waals surface area contributed by atoms with Crippen molar-refractivity contribution in [3.8, 4) is 5.75 Å². The molecular weight excluding hydrogens is 406 g/mol. The first kappa shape index (κ1) is 21.1. The second-order valence-electron chi connectivity index (χ2n) is 6.17. The van der Waals surface area contributed by atoms with Crippen molar-refractivity contribution in [2.24, 2.45) is 0 Å². The third kappa shape index (κ3) is 6.16. The van der Waals surface area contributed by atoms with E-state index in [-0.39, 0.29) is 11.7 Å². The minimum absolute atomic E-state index is 0.112. The Hall–Kier alpha value is -2.65. The zero-order valence-electron chi connectivity index (χ0n) is 16.2. The average Bonchev–Trinajstić information content (AvgIpc) is 3.38. The number of rotatable bonds is 11. The summed E-state index contributed by atoms with van der Waals surface area (Å²) in [5.74, 6) is 1.90. The second-order valence-corrected chi connectivity index (χ2v) is 8.01. The highest BCUT2D eigenvalue weighted by molar-refractivity contribution is 7.99. The number of hydrogen-bond donors (Lipinski definition) is 1. The maximum Gasteiger partial charge on any atom is 0.236 e. The van der Waals surface area contributed by atoms with Crippen LogP contribution >= 0.6 is 23.1 Å². The van der Waals surface area contributed by atoms with Crippen LogP contribution in [0.5, 0.6) is 5.75 Å². The van der Waals surface area contributed by atoms with Gasteiger partial charge in [-0.2, -0.15) is 0 Å². The van der Waals surface area contributed by atoms with Gasteiger partial charge in [-0.15, -0.1) is 28.1 Å². The van der Waals surface area contributed by atoms with Crippen LogP contribution in [0.3, 0.4) is 0 Å². The SMILES string of the molecule is C=CCn1c(CCCc2ccc(OC)cc2)nnc1SCC(=O)Nc1nccs1. The molecule has 0 aliphatic carbocycles. The third-order valence-electron chi connectivity index (χ3n) is 4.14. The number of carbonyl (C=O) groups is 1. The maximum absolute atomic E-state index is 12.1. The number of benzene rings is 1. The lowest BCUT2D eigenvalue weighted by molar-refractivity contribution is -0.113. The highest BCUT2D eigenvalue weighted by atomic mass is 32.2. The summed E-state index contributed by atoms with van der Waals surface area (Å²) in [6, 6.07) is 8.10. The number of nitrogens with zero attached hydrogens (tertiary/aromatic N) is 4. The first-order chi connectivity index (χ1) is 14.2. The molecule has 0 atom stereocenters. The Balaban J connectivity index is 1.54. The summed E-state index contributed by atoms with van der Waals surface area (Å²) in [5, 5.41) is 14.5. The van der Waals surface area contributed by atoms with Crippen LogP contribution in [0.1, 0.15) is 17.8 Å². The normalized spacial score (nSPS) is 10.7. The molecule has 0 fully saturated rings. The Kier molecular flexibility index (Phi) is 7.83. The Labute approximate surface area is 178 Å². The Morgan fingerprint density at radius 3 is 2.83 bits per heavy atom. The van der Waals surface area contributed by atoms with Crippen molar-refractivity contribution in [2.45, 2.75) is 31.0 Å². The highest BCUT2D eigenvalue weighted by Gasteiger charge is 2.14. The van der Waals surface area contributed by atoms with Crippen LogP contribution < -0.4 is 10.1 Å². The van der Waals surface area contributed by atoms with E-state index in [9.17, 15) is 4.79 Å². The first-order valence-electron chi connectivity index (χ1n) is 9.17. The topological polar surface area (TPSA) is 81.9 Å². The van der Waals surface area contributed by atoms with Gasteiger partial charge in [0.05, 0.1) is 12.9 Å². The molecule has 0 saturated carbocycles. The number of aromatic nitrogens is 4. The molecule has 0 radical (unpaired) electrons. The van der Waals surface area contributed by atoms with Gasteiger partial charge in [-0.1, -0.05) is 30.0 Å². The number of thiazole rings is 1. The van der Waals surface area contributed by atoms with Crippen LogP contribution in [0.15, 0.2) is 53.7 Å². The van der Waals surface area contributed by atoms with Gasteiger partial charge in [-0.25, -0.2) is 4.98 Å². The average molecular weight is 430 g/mol. The summed E-state index contributed by atoms with van der Waals surface area (Å²) < 4.78 is 7.21. The molecule has 9 heteroatoms. The fourth-order valence-electron chi connectivity index (χ4n) is 2.74. The van der Waals surface area contributed by atoms with Gasteiger partial charge in [0.25, 0.3) is 0 Å². The molecule has 1 aromatic carbocycles. The molecule has 152 valence electrons. The molecule has 1 amide bonds. The largest absolute Gasteiger partial charge is 0.497 e. The quantitative estimate of drug-likeness (QED) is 0.368. The molecule has 0 spiro atoms. The van der Waals surface area contributed by atoms with E-state index in [4.69, 9.17) is 4.74 Å². The number of hydrogen-bond acceptors (Lipinski definition) is 7. The minimum Gasteiger partial charge on any atom is -0.497 e. The second kappa shape index (κ2) is 10.8. The standard InChI is InChI=1S/C20H23N5O2S2/c1-3-12-25-17(6-4-5-15-7-9-16(27-2)10-8-15)23-24-20(25)29-14-18(26)22-19-21-11-13-28-19/h3,7-11,13H,1,4-6,12,14H2,2H3,(H,21,22,26). The highest BCUT2D eigenvalue weighted by Crippen LogP contribution is 2.20. The van der Waals surface area contributed by atoms with Gasteiger partial charge in [-0.3, -0.25) is 4.79 Å². The fourth-order valence-corrected chi connectivity index (χ4v) is 4.05. The number of amides is 1. The maximum atomic E-state index is 12.1. The summed E-state index contributed by atoms with van der Waals surface area (Å²) in [4.78, 5) is 16.1. The van der Waals surface area contributed by atoms with E-state index in [0.717, 1.165) is 36.0 Å². The summed E-state index contributed by atoms with van der Waals surface area (Å²) in [5.41, 5.74) is 1.26. The van der Waals surface area contributed by atoms with Crippen molar-refractivity contribution >= 4 is 34.1 Å². The lowest BCUT2D eigenvalue weighted by Crippen LogP contribution is -2.14. The number of anilines is 1. The number of carbonyl (C=O) groups excluding carboxylic acids is 1. The molecule has 2 heterocycles. The summed E-state index contributed by atoms with van der Waals surface area (Å²) in [7, 11) is 1.67. The van der Waals surface area contributed by atoms with E-state index in [1.165, 1.54) is 28.7 Å². The smallest absolute Gasteiger partial charge is 0.236 e. The van der Waals surface area contributed by atoms with E-state index in [0.29, 0.717) is 11.7 Å². The molecule has 7 nitrogen and oxygen atoms in total. The molecule has 0 aliphatic rings. The van der Waals surface area contributed by atoms with Gasteiger partial charge in [0.15, 0.2) is 10.3 Å². The van der Waals surface area contributed by atoms with E-state index in [1.54, 1.807) is 13.3 Å². The van der Waals surface area contributed by atoms with Crippen molar-refractivity contribution < 1.29 is 9.53 Å². The molecule has 29 heavy (non-hydrogen) atoms. The zero-order valence-corrected chi connectivity index (χ0v) is 17.8. The molecule has 3 aromatic rings. The first-order valence-corrected chi connectivity index (χ1v) is 11.0. The minimum atomic E-state index is -0.112. The molecule has 1 N–H and O–H groups in total. The van der Waals surface area contributed by atoms with Gasteiger partial charge in [0.2, 0.25) is 5.91 Å². The summed E-state index contributed by atoms with van der Waals surface area (Å²) >= 11 is 2.76. The van der Waals surface area contributed by atoms with Gasteiger partial charge >= 0.3 is 0 Å². The van der Waals surface area contributed by atoms with Gasteiger partial charge in [-0.05, 0) is 30.5 Å². The van der Waals surface area contributed by atoms with E-state index >= 15 is 0 Å². The van der Waals surface area contributed by atoms with Crippen molar-refractivity contribution in [2.75, 3.05) is 18.2 Å². The van der Waals surface area contributed by atoms with Crippen molar-refractivity contribution in [1.82, 2.24) is 19.7 Å². The number of nitrogens with one attached hydrogen (secondary N) is 1. The monoisotopic (exact) mass is 429 g/mol. The molecule has 2 aromatic heterocycles. The summed E-state index contributed by atoms with van der Waals surface area (Å²) in [6.07, 6.45) is 6.18. The van der Waals surface area contributed by atoms with Crippen LogP contribution in [0.25, 0.3) is 0 Å². The number of thioether (sulfide) groups is 1. The Morgan fingerprint density at radius 1 is 1.31 bits per heavy atom. The van der Waals surface area contributed by atoms with E-state index in [2.05, 4.69) is 39.2 Å². The van der Waals surface area contributed by atoms with Crippen LogP contribution in [-0.4, -0.2) is 38.5 Å². The fraction of sp³-hybridized carbons (Fsp3) is 0.300. The molecule has 0 saturated heterocycles. The Morgan fingerprint density at radius 2 is 2.14 bits per heavy atom. The number of allylic oxidation sites excluding steroid dienone is 1. The van der Waals surface area contributed by atoms with Gasteiger partial charge in [0, 0.05) is 24.5 Å². The molecule has 0 unspecified atom stereocenters. The van der Waals surface area contributed by atoms with E-state index in [1.807, 2.05) is 28.2 Å². The zero-order chi connectivity index (χ0) is 20.5. The van der Waals surface area contributed by atoms with Crippen molar-refractivity contribution in [3.63, 3.8) is 0 Å². The number of aryl methyl sites for hydroxylation is 2. The predicted octanol–water partition coefficient (Wildman–Crippen LogP) is 3.84. The molecule has 3 rings (SSSR count). The Bertz CT molecular complexity index is 923. The van der Waals surface area contributed by atoms with Gasteiger partial charge in [0.1, 0.15) is 11.6 Å². The van der Waals surface area contributed by atoms with Crippen LogP contribution in [-0.2, 0) is 24.2 Å². The number of ether oxygens (including phenoxy) is 1. The van der Waals surface area contributed by atoms with Crippen molar-refractivity contribution in [1.29, 1.82) is 0 Å².